The Labute approximate surface area is 167 Å². The van der Waals surface area contributed by atoms with Crippen molar-refractivity contribution in [1.29, 1.82) is 0 Å². The number of benzene rings is 2. The molecule has 2 aromatic rings. The number of aryl methyl sites for hydroxylation is 1. The Hall–Kier alpha value is -1.84. The monoisotopic (exact) mass is 384 g/mol. The Bertz CT molecular complexity index is 785. The molecule has 27 heavy (non-hydrogen) atoms. The van der Waals surface area contributed by atoms with Crippen LogP contribution in [0.2, 0.25) is 5.02 Å². The van der Waals surface area contributed by atoms with E-state index >= 15 is 0 Å². The standard InChI is InChI=1S/C23H29ClN2O/c1-16(2)21-8-4-6-17(3)22(21)25-23(27)19-7-5-13-26(15-19)14-18-9-11-20(24)12-10-18/h4,6,8-12,16,19H,5,7,13-15H2,1-3H3,(H,25,27). The summed E-state index contributed by atoms with van der Waals surface area (Å²) in [6, 6.07) is 14.2. The second-order valence-corrected chi connectivity index (χ2v) is 8.32. The first-order chi connectivity index (χ1) is 12.9. The van der Waals surface area contributed by atoms with E-state index in [2.05, 4.69) is 61.3 Å². The summed E-state index contributed by atoms with van der Waals surface area (Å²) in [5, 5.41) is 4.00. The van der Waals surface area contributed by atoms with Crippen LogP contribution in [0.15, 0.2) is 42.5 Å². The van der Waals surface area contributed by atoms with Gasteiger partial charge in [0.05, 0.1) is 5.92 Å². The molecule has 1 fully saturated rings. The van der Waals surface area contributed by atoms with Crippen molar-refractivity contribution in [2.24, 2.45) is 5.92 Å². The number of nitrogens with zero attached hydrogens (tertiary/aromatic N) is 1. The molecular weight excluding hydrogens is 356 g/mol. The number of carbonyl (C=O) groups excluding carboxylic acids is 1. The van der Waals surface area contributed by atoms with Crippen LogP contribution in [-0.2, 0) is 11.3 Å². The third-order valence-corrected chi connectivity index (χ3v) is 5.62. The van der Waals surface area contributed by atoms with Crippen LogP contribution in [0.1, 0.15) is 49.3 Å². The van der Waals surface area contributed by atoms with Crippen LogP contribution in [0, 0.1) is 12.8 Å². The van der Waals surface area contributed by atoms with Crippen LogP contribution in [0.4, 0.5) is 5.69 Å². The molecule has 1 heterocycles. The molecule has 144 valence electrons. The zero-order chi connectivity index (χ0) is 19.4. The number of nitrogens with one attached hydrogen (secondary N) is 1. The van der Waals surface area contributed by atoms with Crippen molar-refractivity contribution in [3.8, 4) is 0 Å². The molecule has 1 atom stereocenters. The van der Waals surface area contributed by atoms with Crippen LogP contribution < -0.4 is 5.32 Å². The van der Waals surface area contributed by atoms with Gasteiger partial charge >= 0.3 is 0 Å². The number of hydrogen-bond acceptors (Lipinski definition) is 2. The largest absolute Gasteiger partial charge is 0.325 e. The van der Waals surface area contributed by atoms with Crippen LogP contribution in [0.25, 0.3) is 0 Å². The molecule has 3 rings (SSSR count). The highest BCUT2D eigenvalue weighted by atomic mass is 35.5. The van der Waals surface area contributed by atoms with Gasteiger partial charge in [0, 0.05) is 23.8 Å². The molecule has 3 nitrogen and oxygen atoms in total. The highest BCUT2D eigenvalue weighted by molar-refractivity contribution is 6.30. The molecular formula is C23H29ClN2O. The van der Waals surface area contributed by atoms with Gasteiger partial charge in [0.15, 0.2) is 0 Å². The molecule has 4 heteroatoms. The van der Waals surface area contributed by atoms with Gasteiger partial charge in [-0.25, -0.2) is 0 Å². The first kappa shape index (κ1) is 19.9. The van der Waals surface area contributed by atoms with Crippen molar-refractivity contribution in [3.63, 3.8) is 0 Å². The highest BCUT2D eigenvalue weighted by Crippen LogP contribution is 2.29. The minimum absolute atomic E-state index is 0.0330. The van der Waals surface area contributed by atoms with Gasteiger partial charge < -0.3 is 5.32 Å². The van der Waals surface area contributed by atoms with E-state index in [9.17, 15) is 4.79 Å². The van der Waals surface area contributed by atoms with Crippen LogP contribution in [0.5, 0.6) is 0 Å². The topological polar surface area (TPSA) is 32.3 Å². The van der Waals surface area contributed by atoms with Gasteiger partial charge in [-0.2, -0.15) is 0 Å². The molecule has 1 N–H and O–H groups in total. The second-order valence-electron chi connectivity index (χ2n) is 7.88. The number of likely N-dealkylation sites (tertiary alicyclic amines) is 1. The molecule has 0 radical (unpaired) electrons. The SMILES string of the molecule is Cc1cccc(C(C)C)c1NC(=O)C1CCCN(Cc2ccc(Cl)cc2)C1. The molecule has 0 aromatic heterocycles. The van der Waals surface area contributed by atoms with Crippen molar-refractivity contribution < 1.29 is 4.79 Å². The Morgan fingerprint density at radius 1 is 1.22 bits per heavy atom. The third-order valence-electron chi connectivity index (χ3n) is 5.37. The normalized spacial score (nSPS) is 17.9. The average Bonchev–Trinajstić information content (AvgIpc) is 2.65. The van der Waals surface area contributed by atoms with E-state index in [1.165, 1.54) is 11.1 Å². The molecule has 1 unspecified atom stereocenters. The third kappa shape index (κ3) is 5.12. The van der Waals surface area contributed by atoms with E-state index in [1.54, 1.807) is 0 Å². The highest BCUT2D eigenvalue weighted by Gasteiger charge is 2.26. The molecule has 1 aliphatic rings. The lowest BCUT2D eigenvalue weighted by Crippen LogP contribution is -2.40. The number of anilines is 1. The van der Waals surface area contributed by atoms with Gasteiger partial charge in [-0.3, -0.25) is 9.69 Å². The predicted octanol–water partition coefficient (Wildman–Crippen LogP) is 5.62. The minimum atomic E-state index is 0.0330. The summed E-state index contributed by atoms with van der Waals surface area (Å²) in [4.78, 5) is 15.4. The van der Waals surface area contributed by atoms with Gasteiger partial charge in [0.1, 0.15) is 0 Å². The van der Waals surface area contributed by atoms with Crippen molar-refractivity contribution in [3.05, 3.63) is 64.2 Å². The Morgan fingerprint density at radius 2 is 1.96 bits per heavy atom. The van der Waals surface area contributed by atoms with Crippen molar-refractivity contribution in [1.82, 2.24) is 4.90 Å². The maximum atomic E-state index is 13.0. The number of hydrogen-bond donors (Lipinski definition) is 1. The van der Waals surface area contributed by atoms with E-state index < -0.39 is 0 Å². The van der Waals surface area contributed by atoms with Crippen molar-refractivity contribution >= 4 is 23.2 Å². The first-order valence-corrected chi connectivity index (χ1v) is 10.2. The second kappa shape index (κ2) is 8.90. The van der Waals surface area contributed by atoms with E-state index in [-0.39, 0.29) is 11.8 Å². The maximum Gasteiger partial charge on any atom is 0.228 e. The minimum Gasteiger partial charge on any atom is -0.325 e. The number of halogens is 1. The van der Waals surface area contributed by atoms with E-state index in [0.29, 0.717) is 5.92 Å². The van der Waals surface area contributed by atoms with Crippen molar-refractivity contribution in [2.75, 3.05) is 18.4 Å². The lowest BCUT2D eigenvalue weighted by atomic mass is 9.94. The number of piperidine rings is 1. The van der Waals surface area contributed by atoms with Gasteiger partial charge in [-0.05, 0) is 61.1 Å². The fourth-order valence-electron chi connectivity index (χ4n) is 3.83. The molecule has 1 amide bonds. The molecule has 0 saturated carbocycles. The van der Waals surface area contributed by atoms with Crippen LogP contribution >= 0.6 is 11.6 Å². The molecule has 1 aliphatic heterocycles. The number of para-hydroxylation sites is 1. The number of carbonyl (C=O) groups is 1. The first-order valence-electron chi connectivity index (χ1n) is 9.81. The molecule has 0 aliphatic carbocycles. The van der Waals surface area contributed by atoms with E-state index in [4.69, 9.17) is 11.6 Å². The van der Waals surface area contributed by atoms with Gasteiger partial charge in [0.25, 0.3) is 0 Å². The predicted molar refractivity (Wildman–Crippen MR) is 113 cm³/mol. The smallest absolute Gasteiger partial charge is 0.228 e. The van der Waals surface area contributed by atoms with Gasteiger partial charge in [-0.15, -0.1) is 0 Å². The zero-order valence-corrected chi connectivity index (χ0v) is 17.2. The number of rotatable bonds is 5. The maximum absolute atomic E-state index is 13.0. The van der Waals surface area contributed by atoms with Crippen LogP contribution in [-0.4, -0.2) is 23.9 Å². The van der Waals surface area contributed by atoms with E-state index in [1.807, 2.05) is 12.1 Å². The summed E-state index contributed by atoms with van der Waals surface area (Å²) in [5.41, 5.74) is 4.56. The Morgan fingerprint density at radius 3 is 2.67 bits per heavy atom. The average molecular weight is 385 g/mol. The van der Waals surface area contributed by atoms with Gasteiger partial charge in [0.2, 0.25) is 5.91 Å². The Kier molecular flexibility index (Phi) is 6.56. The summed E-state index contributed by atoms with van der Waals surface area (Å²) < 4.78 is 0. The summed E-state index contributed by atoms with van der Waals surface area (Å²) in [6.07, 6.45) is 2.00. The van der Waals surface area contributed by atoms with Gasteiger partial charge in [-0.1, -0.05) is 55.8 Å². The lowest BCUT2D eigenvalue weighted by molar-refractivity contribution is -0.121. The lowest BCUT2D eigenvalue weighted by Gasteiger charge is -2.32. The fraction of sp³-hybridized carbons (Fsp3) is 0.435. The van der Waals surface area contributed by atoms with Crippen molar-refractivity contribution in [2.45, 2.75) is 46.1 Å². The molecule has 2 aromatic carbocycles. The van der Waals surface area contributed by atoms with Crippen LogP contribution in [0.3, 0.4) is 0 Å². The zero-order valence-electron chi connectivity index (χ0n) is 16.5. The molecule has 1 saturated heterocycles. The summed E-state index contributed by atoms with van der Waals surface area (Å²) in [7, 11) is 0. The summed E-state index contributed by atoms with van der Waals surface area (Å²) >= 11 is 5.98. The number of amides is 1. The summed E-state index contributed by atoms with van der Waals surface area (Å²) in [5.74, 6) is 0.561. The quantitative estimate of drug-likeness (QED) is 0.725. The fourth-order valence-corrected chi connectivity index (χ4v) is 3.95. The Balaban J connectivity index is 1.66. The molecule has 0 spiro atoms. The van der Waals surface area contributed by atoms with E-state index in [0.717, 1.165) is 48.7 Å². The molecule has 0 bridgehead atoms. The summed E-state index contributed by atoms with van der Waals surface area (Å²) in [6.45, 7) is 9.10.